The van der Waals surface area contributed by atoms with Gasteiger partial charge in [-0.2, -0.15) is 0 Å². The molecule has 0 bridgehead atoms. The van der Waals surface area contributed by atoms with Crippen molar-refractivity contribution >= 4 is 0 Å². The molecule has 0 fully saturated rings. The van der Waals surface area contributed by atoms with Gasteiger partial charge in [-0.25, -0.2) is 0 Å². The van der Waals surface area contributed by atoms with Crippen LogP contribution in [-0.2, 0) is 0 Å². The van der Waals surface area contributed by atoms with E-state index in [1.54, 1.807) is 13.0 Å². The largest absolute Gasteiger partial charge is 0.513 e. The topological polar surface area (TPSA) is 32.3 Å². The first-order valence-corrected chi connectivity index (χ1v) is 3.35. The Morgan fingerprint density at radius 3 is 2.40 bits per heavy atom. The van der Waals surface area contributed by atoms with Crippen LogP contribution in [0.1, 0.15) is 20.8 Å². The minimum absolute atomic E-state index is 0.276. The van der Waals surface area contributed by atoms with Gasteiger partial charge in [0.15, 0.2) is 0 Å². The molecule has 2 N–H and O–H groups in total. The van der Waals surface area contributed by atoms with Crippen molar-refractivity contribution in [3.8, 4) is 0 Å². The molecule has 0 atom stereocenters. The molecule has 2 heteroatoms. The Balaban J connectivity index is 3.76. The summed E-state index contributed by atoms with van der Waals surface area (Å²) < 4.78 is 0. The average molecular weight is 141 g/mol. The Kier molecular flexibility index (Phi) is 3.62. The highest BCUT2D eigenvalue weighted by atomic mass is 16.3. The molecule has 0 amide bonds. The monoisotopic (exact) mass is 141 g/mol. The van der Waals surface area contributed by atoms with Gasteiger partial charge in [0.2, 0.25) is 0 Å². The molecular formula is C8H15NO. The van der Waals surface area contributed by atoms with Gasteiger partial charge >= 0.3 is 0 Å². The van der Waals surface area contributed by atoms with Crippen molar-refractivity contribution < 1.29 is 5.11 Å². The van der Waals surface area contributed by atoms with Crippen LogP contribution in [0.5, 0.6) is 0 Å². The van der Waals surface area contributed by atoms with Gasteiger partial charge in [-0.1, -0.05) is 6.58 Å². The second kappa shape index (κ2) is 3.99. The Morgan fingerprint density at radius 1 is 1.60 bits per heavy atom. The third-order valence-electron chi connectivity index (χ3n) is 0.857. The fourth-order valence-corrected chi connectivity index (χ4v) is 0.665. The molecule has 0 radical (unpaired) electrons. The van der Waals surface area contributed by atoms with E-state index >= 15 is 0 Å². The minimum atomic E-state index is 0.276. The second-order valence-corrected chi connectivity index (χ2v) is 2.61. The molecule has 10 heavy (non-hydrogen) atoms. The van der Waals surface area contributed by atoms with E-state index in [0.717, 1.165) is 5.70 Å². The molecule has 0 aromatic rings. The summed E-state index contributed by atoms with van der Waals surface area (Å²) in [4.78, 5) is 0. The normalized spacial score (nSPS) is 11.8. The third kappa shape index (κ3) is 5.22. The van der Waals surface area contributed by atoms with Crippen molar-refractivity contribution in [1.29, 1.82) is 0 Å². The van der Waals surface area contributed by atoms with E-state index in [4.69, 9.17) is 5.11 Å². The summed E-state index contributed by atoms with van der Waals surface area (Å²) in [6.45, 7) is 9.34. The number of allylic oxidation sites excluding steroid dienone is 2. The number of rotatable bonds is 3. The summed E-state index contributed by atoms with van der Waals surface area (Å²) in [6.07, 6.45) is 1.60. The number of aliphatic hydroxyl groups excluding tert-OH is 1. The summed E-state index contributed by atoms with van der Waals surface area (Å²) in [6, 6.07) is 0.364. The predicted octanol–water partition coefficient (Wildman–Crippen LogP) is 1.96. The Bertz CT molecular complexity index is 143. The van der Waals surface area contributed by atoms with Crippen LogP contribution in [0.4, 0.5) is 0 Å². The molecule has 0 rings (SSSR count). The van der Waals surface area contributed by atoms with Gasteiger partial charge in [0, 0.05) is 11.7 Å². The fourth-order valence-electron chi connectivity index (χ4n) is 0.665. The maximum Gasteiger partial charge on any atom is 0.0912 e. The van der Waals surface area contributed by atoms with Crippen LogP contribution in [0.3, 0.4) is 0 Å². The van der Waals surface area contributed by atoms with Gasteiger partial charge in [0.25, 0.3) is 0 Å². The van der Waals surface area contributed by atoms with Crippen molar-refractivity contribution in [2.24, 2.45) is 0 Å². The Labute approximate surface area is 62.3 Å². The van der Waals surface area contributed by atoms with Crippen LogP contribution < -0.4 is 5.32 Å². The van der Waals surface area contributed by atoms with Crippen molar-refractivity contribution in [3.63, 3.8) is 0 Å². The minimum Gasteiger partial charge on any atom is -0.513 e. The summed E-state index contributed by atoms with van der Waals surface area (Å²) in [5, 5.41) is 11.8. The highest BCUT2D eigenvalue weighted by Crippen LogP contribution is 1.94. The average Bonchev–Trinajstić information content (AvgIpc) is 1.58. The van der Waals surface area contributed by atoms with E-state index in [9.17, 15) is 0 Å². The van der Waals surface area contributed by atoms with E-state index in [-0.39, 0.29) is 5.76 Å². The lowest BCUT2D eigenvalue weighted by Crippen LogP contribution is -2.20. The van der Waals surface area contributed by atoms with Crippen LogP contribution in [0.15, 0.2) is 24.1 Å². The zero-order chi connectivity index (χ0) is 8.15. The predicted molar refractivity (Wildman–Crippen MR) is 43.8 cm³/mol. The first-order valence-electron chi connectivity index (χ1n) is 3.35. The highest BCUT2D eigenvalue weighted by Gasteiger charge is 1.91. The number of aliphatic hydroxyl groups is 1. The summed E-state index contributed by atoms with van der Waals surface area (Å²) in [5.41, 5.74) is 0.745. The molecule has 0 aliphatic carbocycles. The number of nitrogens with one attached hydrogen (secondary N) is 1. The van der Waals surface area contributed by atoms with E-state index in [0.29, 0.717) is 6.04 Å². The lowest BCUT2D eigenvalue weighted by molar-refractivity contribution is 0.413. The van der Waals surface area contributed by atoms with E-state index in [2.05, 4.69) is 11.9 Å². The van der Waals surface area contributed by atoms with Crippen molar-refractivity contribution in [2.45, 2.75) is 26.8 Å². The SMILES string of the molecule is C=C(/C=C(/C)O)NC(C)C. The second-order valence-electron chi connectivity index (χ2n) is 2.61. The first-order chi connectivity index (χ1) is 4.52. The maximum atomic E-state index is 8.80. The molecule has 0 saturated carbocycles. The van der Waals surface area contributed by atoms with Crippen LogP contribution in [0, 0.1) is 0 Å². The van der Waals surface area contributed by atoms with Gasteiger partial charge in [-0.3, -0.25) is 0 Å². The fraction of sp³-hybridized carbons (Fsp3) is 0.500. The summed E-state index contributed by atoms with van der Waals surface area (Å²) >= 11 is 0. The standard InChI is InChI=1S/C8H15NO/c1-6(2)9-7(3)5-8(4)10/h5-6,9-10H,3H2,1-2,4H3/b8-5-. The number of hydrogen-bond donors (Lipinski definition) is 2. The molecule has 0 aromatic heterocycles. The molecular weight excluding hydrogens is 126 g/mol. The Morgan fingerprint density at radius 2 is 2.10 bits per heavy atom. The van der Waals surface area contributed by atoms with Crippen molar-refractivity contribution in [3.05, 3.63) is 24.1 Å². The quantitative estimate of drug-likeness (QED) is 0.465. The van der Waals surface area contributed by atoms with Crippen LogP contribution in [0.2, 0.25) is 0 Å². The molecule has 58 valence electrons. The lowest BCUT2D eigenvalue weighted by Gasteiger charge is -2.08. The van der Waals surface area contributed by atoms with Gasteiger partial charge in [-0.15, -0.1) is 0 Å². The van der Waals surface area contributed by atoms with Gasteiger partial charge in [0.1, 0.15) is 0 Å². The van der Waals surface area contributed by atoms with Crippen LogP contribution in [-0.4, -0.2) is 11.1 Å². The molecule has 0 unspecified atom stereocenters. The maximum absolute atomic E-state index is 8.80. The lowest BCUT2D eigenvalue weighted by atomic mass is 10.3. The van der Waals surface area contributed by atoms with Gasteiger partial charge < -0.3 is 10.4 Å². The summed E-state index contributed by atoms with van der Waals surface area (Å²) in [7, 11) is 0. The zero-order valence-corrected chi connectivity index (χ0v) is 6.81. The smallest absolute Gasteiger partial charge is 0.0912 e. The molecule has 2 nitrogen and oxygen atoms in total. The van der Waals surface area contributed by atoms with Crippen molar-refractivity contribution in [2.75, 3.05) is 0 Å². The molecule has 0 saturated heterocycles. The first kappa shape index (κ1) is 9.08. The Hall–Kier alpha value is -0.920. The molecule has 0 aliphatic heterocycles. The molecule has 0 heterocycles. The summed E-state index contributed by atoms with van der Waals surface area (Å²) in [5.74, 6) is 0.276. The van der Waals surface area contributed by atoms with Crippen molar-refractivity contribution in [1.82, 2.24) is 5.32 Å². The number of hydrogen-bond acceptors (Lipinski definition) is 2. The van der Waals surface area contributed by atoms with E-state index in [1.165, 1.54) is 0 Å². The molecule has 0 spiro atoms. The van der Waals surface area contributed by atoms with Crippen LogP contribution >= 0.6 is 0 Å². The molecule has 0 aliphatic rings. The highest BCUT2D eigenvalue weighted by molar-refractivity contribution is 5.14. The van der Waals surface area contributed by atoms with E-state index in [1.807, 2.05) is 13.8 Å². The van der Waals surface area contributed by atoms with E-state index < -0.39 is 0 Å². The zero-order valence-electron chi connectivity index (χ0n) is 6.81. The van der Waals surface area contributed by atoms with Gasteiger partial charge in [-0.05, 0) is 26.8 Å². The molecule has 0 aromatic carbocycles. The van der Waals surface area contributed by atoms with Crippen LogP contribution in [0.25, 0.3) is 0 Å². The third-order valence-corrected chi connectivity index (χ3v) is 0.857. The van der Waals surface area contributed by atoms with Gasteiger partial charge in [0.05, 0.1) is 5.76 Å².